The van der Waals surface area contributed by atoms with E-state index in [4.69, 9.17) is 11.0 Å². The lowest BCUT2D eigenvalue weighted by molar-refractivity contribution is 0.683. The van der Waals surface area contributed by atoms with Crippen LogP contribution in [0.15, 0.2) is 52.3 Å². The van der Waals surface area contributed by atoms with Gasteiger partial charge < -0.3 is 5.73 Å². The number of nitrogens with zero attached hydrogens (tertiary/aromatic N) is 1. The van der Waals surface area contributed by atoms with Gasteiger partial charge in [-0.05, 0) is 36.8 Å². The normalized spacial score (nSPS) is 11.8. The summed E-state index contributed by atoms with van der Waals surface area (Å²) in [6, 6.07) is 14.4. The molecule has 2 aromatic carbocycles. The lowest BCUT2D eigenvalue weighted by Gasteiger charge is -2.07. The van der Waals surface area contributed by atoms with E-state index in [1.807, 2.05) is 31.2 Å². The summed E-state index contributed by atoms with van der Waals surface area (Å²) >= 11 is 0. The Morgan fingerprint density at radius 1 is 1.22 bits per heavy atom. The van der Waals surface area contributed by atoms with Gasteiger partial charge in [-0.2, -0.15) is 5.26 Å². The predicted octanol–water partition coefficient (Wildman–Crippen LogP) is 2.62. The molecule has 2 N–H and O–H groups in total. The third kappa shape index (κ3) is 2.27. The van der Waals surface area contributed by atoms with E-state index in [2.05, 4.69) is 0 Å². The van der Waals surface area contributed by atoms with Crippen LogP contribution in [0.1, 0.15) is 11.1 Å². The van der Waals surface area contributed by atoms with Crippen LogP contribution in [0.5, 0.6) is 0 Å². The van der Waals surface area contributed by atoms with E-state index in [0.29, 0.717) is 15.5 Å². The number of hydrogen-bond donors (Lipinski definition) is 1. The zero-order valence-electron chi connectivity index (χ0n) is 9.88. The molecule has 0 heterocycles. The van der Waals surface area contributed by atoms with Gasteiger partial charge in [-0.3, -0.25) is 0 Å². The fraction of sp³-hybridized carbons (Fsp3) is 0.0714. The summed E-state index contributed by atoms with van der Waals surface area (Å²) in [6.07, 6.45) is 0. The Balaban J connectivity index is 2.54. The van der Waals surface area contributed by atoms with Gasteiger partial charge in [0.1, 0.15) is 6.07 Å². The van der Waals surface area contributed by atoms with Crippen LogP contribution in [0, 0.1) is 18.3 Å². The highest BCUT2D eigenvalue weighted by Gasteiger charge is 2.13. The van der Waals surface area contributed by atoms with E-state index >= 15 is 0 Å². The molecule has 0 aliphatic rings. The van der Waals surface area contributed by atoms with Gasteiger partial charge in [-0.15, -0.1) is 0 Å². The number of aryl methyl sites for hydroxylation is 1. The number of nitriles is 1. The highest BCUT2D eigenvalue weighted by Crippen LogP contribution is 2.24. The second-order valence-electron chi connectivity index (χ2n) is 3.92. The zero-order chi connectivity index (χ0) is 13.1. The summed E-state index contributed by atoms with van der Waals surface area (Å²) in [4.78, 5) is 1.14. The van der Waals surface area contributed by atoms with Crippen LogP contribution in [-0.4, -0.2) is 4.21 Å². The summed E-state index contributed by atoms with van der Waals surface area (Å²) in [6.45, 7) is 1.94. The third-order valence-electron chi connectivity index (χ3n) is 2.57. The van der Waals surface area contributed by atoms with E-state index in [1.54, 1.807) is 24.3 Å². The minimum Gasteiger partial charge on any atom is -0.398 e. The molecular formula is C14H12N2OS. The van der Waals surface area contributed by atoms with Gasteiger partial charge in [0.05, 0.1) is 26.9 Å². The second-order valence-corrected chi connectivity index (χ2v) is 5.37. The van der Waals surface area contributed by atoms with E-state index < -0.39 is 10.8 Å². The minimum absolute atomic E-state index is 0.289. The van der Waals surface area contributed by atoms with Crippen molar-refractivity contribution in [1.82, 2.24) is 0 Å². The maximum absolute atomic E-state index is 12.4. The summed E-state index contributed by atoms with van der Waals surface area (Å²) in [5, 5.41) is 9.09. The highest BCUT2D eigenvalue weighted by molar-refractivity contribution is 7.85. The van der Waals surface area contributed by atoms with Gasteiger partial charge in [0.25, 0.3) is 0 Å². The van der Waals surface area contributed by atoms with Crippen molar-refractivity contribution in [3.63, 3.8) is 0 Å². The van der Waals surface area contributed by atoms with Crippen molar-refractivity contribution in [1.29, 1.82) is 5.26 Å². The maximum atomic E-state index is 12.4. The second kappa shape index (κ2) is 5.03. The van der Waals surface area contributed by atoms with E-state index in [-0.39, 0.29) is 5.56 Å². The van der Waals surface area contributed by atoms with Crippen molar-refractivity contribution in [3.05, 3.63) is 53.6 Å². The standard InChI is InChI=1S/C14H12N2OS/c1-10-4-2-5-11(8-10)18(17)14-7-3-6-13(16)12(14)9-15/h2-8H,16H2,1H3/t18-/m1/s1. The third-order valence-corrected chi connectivity index (χ3v) is 4.00. The SMILES string of the molecule is Cc1cccc([S@@](=O)c2cccc(N)c2C#N)c1. The molecule has 0 bridgehead atoms. The first-order valence-electron chi connectivity index (χ1n) is 5.40. The molecule has 0 spiro atoms. The Morgan fingerprint density at radius 2 is 1.94 bits per heavy atom. The quantitative estimate of drug-likeness (QED) is 0.840. The van der Waals surface area contributed by atoms with Crippen LogP contribution in [0.4, 0.5) is 5.69 Å². The molecule has 0 amide bonds. The molecule has 0 aliphatic heterocycles. The van der Waals surface area contributed by atoms with Crippen molar-refractivity contribution >= 4 is 16.5 Å². The molecule has 0 saturated heterocycles. The van der Waals surface area contributed by atoms with Crippen molar-refractivity contribution < 1.29 is 4.21 Å². The smallest absolute Gasteiger partial charge is 0.103 e. The number of anilines is 1. The largest absolute Gasteiger partial charge is 0.398 e. The van der Waals surface area contributed by atoms with Gasteiger partial charge in [0, 0.05) is 4.90 Å². The number of nitrogen functional groups attached to an aromatic ring is 1. The van der Waals surface area contributed by atoms with Gasteiger partial charge in [-0.25, -0.2) is 4.21 Å². The first-order chi connectivity index (χ1) is 8.63. The summed E-state index contributed by atoms with van der Waals surface area (Å²) < 4.78 is 12.4. The lowest BCUT2D eigenvalue weighted by atomic mass is 10.2. The predicted molar refractivity (Wildman–Crippen MR) is 71.4 cm³/mol. The monoisotopic (exact) mass is 256 g/mol. The van der Waals surface area contributed by atoms with E-state index in [0.717, 1.165) is 5.56 Å². The van der Waals surface area contributed by atoms with Gasteiger partial charge in [0.15, 0.2) is 0 Å². The topological polar surface area (TPSA) is 66.9 Å². The van der Waals surface area contributed by atoms with Crippen LogP contribution in [-0.2, 0) is 10.8 Å². The first-order valence-corrected chi connectivity index (χ1v) is 6.55. The minimum atomic E-state index is -1.38. The Labute approximate surface area is 108 Å². The molecule has 2 rings (SSSR count). The number of nitrogens with two attached hydrogens (primary N) is 1. The first kappa shape index (κ1) is 12.3. The fourth-order valence-electron chi connectivity index (χ4n) is 1.68. The molecule has 0 radical (unpaired) electrons. The maximum Gasteiger partial charge on any atom is 0.103 e. The molecule has 4 heteroatoms. The molecule has 18 heavy (non-hydrogen) atoms. The van der Waals surface area contributed by atoms with Crippen molar-refractivity contribution in [2.45, 2.75) is 16.7 Å². The van der Waals surface area contributed by atoms with Crippen molar-refractivity contribution in [2.75, 3.05) is 5.73 Å². The molecule has 0 aromatic heterocycles. The lowest BCUT2D eigenvalue weighted by Crippen LogP contribution is -2.00. The Bertz CT molecular complexity index is 659. The molecule has 0 aliphatic carbocycles. The average molecular weight is 256 g/mol. The molecule has 0 fully saturated rings. The van der Waals surface area contributed by atoms with Gasteiger partial charge >= 0.3 is 0 Å². The summed E-state index contributed by atoms with van der Waals surface area (Å²) in [5.41, 5.74) is 7.40. The van der Waals surface area contributed by atoms with Crippen LogP contribution < -0.4 is 5.73 Å². The van der Waals surface area contributed by atoms with Gasteiger partial charge in [0.2, 0.25) is 0 Å². The highest BCUT2D eigenvalue weighted by atomic mass is 32.2. The number of rotatable bonds is 2. The Kier molecular flexibility index (Phi) is 3.45. The van der Waals surface area contributed by atoms with Gasteiger partial charge in [-0.1, -0.05) is 18.2 Å². The molecule has 2 aromatic rings. The molecule has 0 unspecified atom stereocenters. The zero-order valence-corrected chi connectivity index (χ0v) is 10.7. The average Bonchev–Trinajstić information content (AvgIpc) is 2.37. The fourth-order valence-corrected chi connectivity index (χ4v) is 2.98. The molecule has 3 nitrogen and oxygen atoms in total. The van der Waals surface area contributed by atoms with Crippen molar-refractivity contribution in [3.8, 4) is 6.07 Å². The molecule has 90 valence electrons. The molecule has 1 atom stereocenters. The van der Waals surface area contributed by atoms with Crippen LogP contribution in [0.25, 0.3) is 0 Å². The Morgan fingerprint density at radius 3 is 2.61 bits per heavy atom. The molecular weight excluding hydrogens is 244 g/mol. The Hall–Kier alpha value is -2.12. The van der Waals surface area contributed by atoms with E-state index in [9.17, 15) is 4.21 Å². The van der Waals surface area contributed by atoms with E-state index in [1.165, 1.54) is 0 Å². The van der Waals surface area contributed by atoms with Crippen LogP contribution in [0.3, 0.4) is 0 Å². The molecule has 0 saturated carbocycles. The van der Waals surface area contributed by atoms with Crippen LogP contribution >= 0.6 is 0 Å². The summed E-state index contributed by atoms with van der Waals surface area (Å²) in [7, 11) is -1.38. The van der Waals surface area contributed by atoms with Crippen LogP contribution in [0.2, 0.25) is 0 Å². The summed E-state index contributed by atoms with van der Waals surface area (Å²) in [5.74, 6) is 0. The number of hydrogen-bond acceptors (Lipinski definition) is 3. The number of benzene rings is 2. The van der Waals surface area contributed by atoms with Crippen molar-refractivity contribution in [2.24, 2.45) is 0 Å².